The molecule has 2 aliphatic rings. The van der Waals surface area contributed by atoms with Gasteiger partial charge >= 0.3 is 0 Å². The minimum absolute atomic E-state index is 0.0690. The average molecular weight is 357 g/mol. The Morgan fingerprint density at radius 1 is 1.27 bits per heavy atom. The van der Waals surface area contributed by atoms with E-state index in [1.165, 1.54) is 18.5 Å². The van der Waals surface area contributed by atoms with Gasteiger partial charge in [-0.3, -0.25) is 4.79 Å². The summed E-state index contributed by atoms with van der Waals surface area (Å²) in [7, 11) is 0. The van der Waals surface area contributed by atoms with Crippen LogP contribution in [0.5, 0.6) is 0 Å². The Morgan fingerprint density at radius 2 is 2.04 bits per heavy atom. The highest BCUT2D eigenvalue weighted by Gasteiger charge is 2.32. The van der Waals surface area contributed by atoms with Crippen molar-refractivity contribution in [2.75, 3.05) is 13.1 Å². The molecule has 3 heterocycles. The van der Waals surface area contributed by atoms with Crippen molar-refractivity contribution in [2.45, 2.75) is 65.7 Å². The summed E-state index contributed by atoms with van der Waals surface area (Å²) in [6, 6.07) is 2.65. The van der Waals surface area contributed by atoms with Crippen molar-refractivity contribution in [1.29, 1.82) is 0 Å². The van der Waals surface area contributed by atoms with Crippen LogP contribution in [0.2, 0.25) is 0 Å². The highest BCUT2D eigenvalue weighted by Crippen LogP contribution is 2.38. The predicted molar refractivity (Wildman–Crippen MR) is 97.3 cm³/mol. The third-order valence-corrected chi connectivity index (χ3v) is 5.70. The van der Waals surface area contributed by atoms with Gasteiger partial charge in [0.05, 0.1) is 24.0 Å². The summed E-state index contributed by atoms with van der Waals surface area (Å²) in [6.45, 7) is 9.88. The number of nitrogens with zero attached hydrogens (tertiary/aromatic N) is 3. The highest BCUT2D eigenvalue weighted by atomic mass is 16.5. The van der Waals surface area contributed by atoms with E-state index in [9.17, 15) is 4.79 Å². The largest absolute Gasteiger partial charge is 0.371 e. The number of hydrogen-bond acceptors (Lipinski definition) is 4. The first kappa shape index (κ1) is 17.3. The monoisotopic (exact) mass is 357 g/mol. The van der Waals surface area contributed by atoms with Crippen LogP contribution in [0.1, 0.15) is 64.1 Å². The number of aromatic nitrogens is 2. The van der Waals surface area contributed by atoms with E-state index in [1.807, 2.05) is 24.8 Å². The predicted octanol–water partition coefficient (Wildman–Crippen LogP) is 3.48. The zero-order valence-electron chi connectivity index (χ0n) is 16.0. The van der Waals surface area contributed by atoms with Crippen molar-refractivity contribution in [3.8, 4) is 0 Å². The van der Waals surface area contributed by atoms with E-state index in [0.717, 1.165) is 41.2 Å². The zero-order chi connectivity index (χ0) is 18.4. The number of rotatable bonds is 5. The number of carbonyl (C=O) groups is 1. The van der Waals surface area contributed by atoms with Gasteiger partial charge in [0.25, 0.3) is 5.91 Å². The van der Waals surface area contributed by atoms with Gasteiger partial charge in [-0.05, 0) is 53.0 Å². The highest BCUT2D eigenvalue weighted by molar-refractivity contribution is 5.96. The molecule has 1 aliphatic carbocycles. The molecule has 6 nitrogen and oxygen atoms in total. The molecule has 1 unspecified atom stereocenters. The summed E-state index contributed by atoms with van der Waals surface area (Å²) in [5, 5.41) is 3.96. The second kappa shape index (κ2) is 6.58. The van der Waals surface area contributed by atoms with Crippen LogP contribution >= 0.6 is 0 Å². The molecule has 140 valence electrons. The fraction of sp³-hybridized carbons (Fsp3) is 0.600. The standard InChI is InChI=1S/C20H27N3O3/c1-12-9-18(14(3)23(12)16-5-6-16)20(24)22-8-7-17(10-22)25-11-19-13(2)21-26-15(19)4/h9,16-17H,5-8,10-11H2,1-4H3. The first-order chi connectivity index (χ1) is 12.5. The zero-order valence-corrected chi connectivity index (χ0v) is 16.0. The van der Waals surface area contributed by atoms with E-state index in [4.69, 9.17) is 9.26 Å². The molecule has 0 radical (unpaired) electrons. The Labute approximate surface area is 154 Å². The van der Waals surface area contributed by atoms with Gasteiger partial charge in [0.1, 0.15) is 5.76 Å². The normalized spacial score (nSPS) is 20.2. The van der Waals surface area contributed by atoms with Gasteiger partial charge in [-0.2, -0.15) is 0 Å². The third-order valence-electron chi connectivity index (χ3n) is 5.70. The molecule has 0 spiro atoms. The molecule has 1 aliphatic heterocycles. The molecule has 1 saturated heterocycles. The summed E-state index contributed by atoms with van der Waals surface area (Å²) in [6.07, 6.45) is 3.40. The third kappa shape index (κ3) is 3.07. The van der Waals surface area contributed by atoms with Crippen molar-refractivity contribution in [1.82, 2.24) is 14.6 Å². The number of aryl methyl sites for hydroxylation is 3. The Kier molecular flexibility index (Phi) is 4.39. The van der Waals surface area contributed by atoms with E-state index < -0.39 is 0 Å². The fourth-order valence-electron chi connectivity index (χ4n) is 4.02. The smallest absolute Gasteiger partial charge is 0.255 e. The number of amides is 1. The van der Waals surface area contributed by atoms with Gasteiger partial charge in [0.2, 0.25) is 0 Å². The molecule has 26 heavy (non-hydrogen) atoms. The van der Waals surface area contributed by atoms with Crippen molar-refractivity contribution in [3.63, 3.8) is 0 Å². The van der Waals surface area contributed by atoms with Crippen LogP contribution in [0.25, 0.3) is 0 Å². The maximum atomic E-state index is 13.0. The minimum atomic E-state index is 0.0690. The van der Waals surface area contributed by atoms with Gasteiger partial charge in [0.15, 0.2) is 0 Å². The first-order valence-corrected chi connectivity index (χ1v) is 9.46. The van der Waals surface area contributed by atoms with Gasteiger partial charge in [0, 0.05) is 36.1 Å². The SMILES string of the molecule is Cc1noc(C)c1COC1CCN(C(=O)c2cc(C)n(C3CC3)c2C)C1. The lowest BCUT2D eigenvalue weighted by atomic mass is 10.2. The Balaban J connectivity index is 1.39. The number of carbonyl (C=O) groups excluding carboxylic acids is 1. The summed E-state index contributed by atoms with van der Waals surface area (Å²) < 4.78 is 13.5. The molecule has 6 heteroatoms. The van der Waals surface area contributed by atoms with Crippen molar-refractivity contribution < 1.29 is 14.1 Å². The van der Waals surface area contributed by atoms with Gasteiger partial charge < -0.3 is 18.7 Å². The van der Waals surface area contributed by atoms with E-state index in [-0.39, 0.29) is 12.0 Å². The lowest BCUT2D eigenvalue weighted by molar-refractivity contribution is 0.0430. The molecule has 1 saturated carbocycles. The second-order valence-electron chi connectivity index (χ2n) is 7.66. The molecule has 2 aromatic rings. The molecule has 1 amide bonds. The van der Waals surface area contributed by atoms with E-state index in [1.54, 1.807) is 0 Å². The number of hydrogen-bond donors (Lipinski definition) is 0. The van der Waals surface area contributed by atoms with Crippen molar-refractivity contribution in [3.05, 3.63) is 40.0 Å². The first-order valence-electron chi connectivity index (χ1n) is 9.46. The molecular formula is C20H27N3O3. The van der Waals surface area contributed by atoms with Gasteiger partial charge in [-0.15, -0.1) is 0 Å². The van der Waals surface area contributed by atoms with E-state index >= 15 is 0 Å². The second-order valence-corrected chi connectivity index (χ2v) is 7.66. The maximum Gasteiger partial charge on any atom is 0.255 e. The molecule has 0 bridgehead atoms. The lowest BCUT2D eigenvalue weighted by Crippen LogP contribution is -2.30. The Hall–Kier alpha value is -2.08. The molecule has 4 rings (SSSR count). The quantitative estimate of drug-likeness (QED) is 0.822. The average Bonchev–Trinajstić information content (AvgIpc) is 3.11. The van der Waals surface area contributed by atoms with Crippen LogP contribution in [0.4, 0.5) is 0 Å². The van der Waals surface area contributed by atoms with Crippen LogP contribution in [-0.4, -0.2) is 39.7 Å². The fourth-order valence-corrected chi connectivity index (χ4v) is 4.02. The Morgan fingerprint density at radius 3 is 2.69 bits per heavy atom. The number of likely N-dealkylation sites (tertiary alicyclic amines) is 1. The lowest BCUT2D eigenvalue weighted by Gasteiger charge is -2.17. The topological polar surface area (TPSA) is 60.5 Å². The van der Waals surface area contributed by atoms with Crippen molar-refractivity contribution >= 4 is 5.91 Å². The Bertz CT molecular complexity index is 812. The van der Waals surface area contributed by atoms with Gasteiger partial charge in [-0.1, -0.05) is 5.16 Å². The van der Waals surface area contributed by atoms with E-state index in [0.29, 0.717) is 19.2 Å². The van der Waals surface area contributed by atoms with Crippen LogP contribution < -0.4 is 0 Å². The summed E-state index contributed by atoms with van der Waals surface area (Å²) in [5.41, 5.74) is 5.04. The minimum Gasteiger partial charge on any atom is -0.371 e. The molecule has 1 atom stereocenters. The van der Waals surface area contributed by atoms with Crippen LogP contribution in [0.15, 0.2) is 10.6 Å². The molecular weight excluding hydrogens is 330 g/mol. The molecule has 2 fully saturated rings. The van der Waals surface area contributed by atoms with Crippen LogP contribution in [0, 0.1) is 27.7 Å². The molecule has 2 aromatic heterocycles. The summed E-state index contributed by atoms with van der Waals surface area (Å²) in [5.74, 6) is 0.939. The summed E-state index contributed by atoms with van der Waals surface area (Å²) in [4.78, 5) is 14.9. The molecule has 0 aromatic carbocycles. The molecule has 0 N–H and O–H groups in total. The maximum absolute atomic E-state index is 13.0. The number of ether oxygens (including phenoxy) is 1. The van der Waals surface area contributed by atoms with Crippen LogP contribution in [-0.2, 0) is 11.3 Å². The summed E-state index contributed by atoms with van der Waals surface area (Å²) >= 11 is 0. The van der Waals surface area contributed by atoms with Crippen LogP contribution in [0.3, 0.4) is 0 Å². The van der Waals surface area contributed by atoms with Crippen molar-refractivity contribution in [2.24, 2.45) is 0 Å². The van der Waals surface area contributed by atoms with Gasteiger partial charge in [-0.25, -0.2) is 0 Å². The van der Waals surface area contributed by atoms with E-state index in [2.05, 4.69) is 23.6 Å².